The first-order chi connectivity index (χ1) is 22.9. The maximum atomic E-state index is 15.5. The van der Waals surface area contributed by atoms with Crippen molar-refractivity contribution in [2.45, 2.75) is 12.4 Å². The third-order valence-electron chi connectivity index (χ3n) is 7.04. The quantitative estimate of drug-likeness (QED) is 0.168. The molecule has 0 N–H and O–H groups in total. The summed E-state index contributed by atoms with van der Waals surface area (Å²) < 4.78 is 103. The summed E-state index contributed by atoms with van der Waals surface area (Å²) in [6.45, 7) is 0. The van der Waals surface area contributed by atoms with E-state index < -0.39 is 103 Å². The van der Waals surface area contributed by atoms with E-state index in [1.54, 1.807) is 24.3 Å². The van der Waals surface area contributed by atoms with Crippen LogP contribution in [-0.4, -0.2) is 32.3 Å². The van der Waals surface area contributed by atoms with Crippen LogP contribution < -0.4 is 0 Å². The third kappa shape index (κ3) is 4.91. The minimum atomic E-state index is -5.48. The standard InChI is InChI=1S/C32H10F6N8O2/c33-31(34,35)27-24-22(18(14-42)20-6-4-16(12-40)48-20)26(30-45-9-2-10-46-30)28(32(36,37)38)23(24)21(25(27)29-43-7-1-8-44-29)17(13-41)19-5-3-15(11-39)47-19/h1-10H/b21-17+,22-18+. The zero-order valence-corrected chi connectivity index (χ0v) is 23.4. The van der Waals surface area contributed by atoms with Gasteiger partial charge in [0, 0.05) is 58.2 Å². The molecule has 6 rings (SSSR count). The summed E-state index contributed by atoms with van der Waals surface area (Å²) in [5.41, 5.74) is -11.4. The van der Waals surface area contributed by atoms with Crippen molar-refractivity contribution in [1.82, 2.24) is 19.9 Å². The molecule has 0 atom stereocenters. The molecule has 48 heavy (non-hydrogen) atoms. The number of halogens is 6. The lowest BCUT2D eigenvalue weighted by molar-refractivity contribution is -0.0902. The molecule has 4 heterocycles. The molecule has 2 aliphatic rings. The van der Waals surface area contributed by atoms with Gasteiger partial charge in [-0.05, 0) is 36.4 Å². The van der Waals surface area contributed by atoms with Gasteiger partial charge in [0.15, 0.2) is 11.6 Å². The third-order valence-corrected chi connectivity index (χ3v) is 7.04. The van der Waals surface area contributed by atoms with Crippen molar-refractivity contribution in [3.8, 4) is 24.3 Å². The van der Waals surface area contributed by atoms with E-state index in [2.05, 4.69) is 19.9 Å². The second-order valence-electron chi connectivity index (χ2n) is 9.67. The summed E-state index contributed by atoms with van der Waals surface area (Å²) in [5.74, 6) is -3.27. The predicted octanol–water partition coefficient (Wildman–Crippen LogP) is 6.81. The summed E-state index contributed by atoms with van der Waals surface area (Å²) in [6.07, 6.45) is -6.77. The molecule has 0 radical (unpaired) electrons. The molecule has 0 aliphatic heterocycles. The normalized spacial score (nSPS) is 16.7. The number of aromatic nitrogens is 4. The fraction of sp³-hybridized carbons (Fsp3) is 0.0625. The minimum absolute atomic E-state index is 0.391. The summed E-state index contributed by atoms with van der Waals surface area (Å²) in [5, 5.41) is 39.3. The van der Waals surface area contributed by atoms with Gasteiger partial charge in [-0.15, -0.1) is 0 Å². The van der Waals surface area contributed by atoms with Crippen molar-refractivity contribution in [2.75, 3.05) is 0 Å². The molecule has 10 nitrogen and oxygen atoms in total. The van der Waals surface area contributed by atoms with E-state index in [9.17, 15) is 21.0 Å². The first-order valence-electron chi connectivity index (χ1n) is 13.2. The highest BCUT2D eigenvalue weighted by molar-refractivity contribution is 6.14. The van der Waals surface area contributed by atoms with Crippen molar-refractivity contribution in [3.63, 3.8) is 0 Å². The molecule has 232 valence electrons. The van der Waals surface area contributed by atoms with Gasteiger partial charge in [-0.1, -0.05) is 0 Å². The van der Waals surface area contributed by atoms with Crippen molar-refractivity contribution in [1.29, 1.82) is 21.0 Å². The van der Waals surface area contributed by atoms with E-state index in [1.165, 1.54) is 12.1 Å². The maximum absolute atomic E-state index is 15.5. The highest BCUT2D eigenvalue weighted by atomic mass is 19.4. The molecule has 2 aliphatic carbocycles. The number of nitriles is 4. The highest BCUT2D eigenvalue weighted by Crippen LogP contribution is 2.63. The topological polar surface area (TPSA) is 173 Å². The van der Waals surface area contributed by atoms with Crippen molar-refractivity contribution in [2.24, 2.45) is 0 Å². The smallest absolute Gasteiger partial charge is 0.417 e. The molecule has 0 aromatic carbocycles. The van der Waals surface area contributed by atoms with Gasteiger partial charge in [0.05, 0.1) is 11.1 Å². The Morgan fingerprint density at radius 3 is 1.17 bits per heavy atom. The van der Waals surface area contributed by atoms with E-state index in [4.69, 9.17) is 8.83 Å². The van der Waals surface area contributed by atoms with Gasteiger partial charge in [-0.25, -0.2) is 19.9 Å². The Labute approximate surface area is 264 Å². The fourth-order valence-corrected chi connectivity index (χ4v) is 5.40. The number of rotatable bonds is 4. The van der Waals surface area contributed by atoms with Gasteiger partial charge in [-0.3, -0.25) is 0 Å². The number of nitrogens with zero attached hydrogens (tertiary/aromatic N) is 8. The lowest BCUT2D eigenvalue weighted by Gasteiger charge is -2.20. The lowest BCUT2D eigenvalue weighted by Crippen LogP contribution is -2.18. The minimum Gasteiger partial charge on any atom is -0.445 e. The molecule has 4 aromatic rings. The van der Waals surface area contributed by atoms with E-state index in [1.807, 2.05) is 0 Å². The second-order valence-corrected chi connectivity index (χ2v) is 9.67. The summed E-state index contributed by atoms with van der Waals surface area (Å²) >= 11 is 0. The van der Waals surface area contributed by atoms with Crippen LogP contribution in [0.4, 0.5) is 26.3 Å². The van der Waals surface area contributed by atoms with Crippen LogP contribution >= 0.6 is 0 Å². The van der Waals surface area contributed by atoms with Crippen molar-refractivity contribution in [3.05, 3.63) is 129 Å². The van der Waals surface area contributed by atoms with Crippen LogP contribution in [0, 0.1) is 45.3 Å². The monoisotopic (exact) mass is 652 g/mol. The largest absolute Gasteiger partial charge is 0.445 e. The molecule has 0 saturated carbocycles. The van der Waals surface area contributed by atoms with E-state index in [0.717, 1.165) is 49.1 Å². The second kappa shape index (κ2) is 11.4. The van der Waals surface area contributed by atoms with Gasteiger partial charge >= 0.3 is 12.4 Å². The highest BCUT2D eigenvalue weighted by Gasteiger charge is 2.57. The Balaban J connectivity index is 1.92. The van der Waals surface area contributed by atoms with Gasteiger partial charge < -0.3 is 8.83 Å². The molecule has 16 heteroatoms. The molecule has 0 bridgehead atoms. The summed E-state index contributed by atoms with van der Waals surface area (Å²) in [7, 11) is 0. The SMILES string of the molecule is N#C/C(=C1C2=C(C(C(F)(F)F)=C/1c1ncccn1)/C(=C(/C#N)c1ccc(C#N)o1)C(c1ncccn1)=C2C(F)(F)F)c1ccc(C#N)o1. The molecule has 0 saturated heterocycles. The van der Waals surface area contributed by atoms with Gasteiger partial charge in [0.1, 0.15) is 46.9 Å². The van der Waals surface area contributed by atoms with E-state index in [0.29, 0.717) is 0 Å². The number of allylic oxidation sites excluding steroid dienone is 10. The van der Waals surface area contributed by atoms with Crippen LogP contribution in [0.15, 0.2) is 103 Å². The zero-order valence-electron chi connectivity index (χ0n) is 23.4. The summed E-state index contributed by atoms with van der Waals surface area (Å²) in [4.78, 5) is 15.5. The Hall–Kier alpha value is -7.04. The van der Waals surface area contributed by atoms with Gasteiger partial charge in [0.25, 0.3) is 0 Å². The number of alkyl halides is 6. The fourth-order valence-electron chi connectivity index (χ4n) is 5.40. The van der Waals surface area contributed by atoms with Gasteiger partial charge in [0.2, 0.25) is 11.5 Å². The van der Waals surface area contributed by atoms with Crippen LogP contribution in [0.25, 0.3) is 22.3 Å². The average molecular weight is 652 g/mol. The molecule has 0 fully saturated rings. The van der Waals surface area contributed by atoms with E-state index >= 15 is 26.3 Å². The van der Waals surface area contributed by atoms with Crippen LogP contribution in [-0.2, 0) is 0 Å². The van der Waals surface area contributed by atoms with Crippen LogP contribution in [0.2, 0.25) is 0 Å². The first kappa shape index (κ1) is 31.0. The van der Waals surface area contributed by atoms with Gasteiger partial charge in [-0.2, -0.15) is 47.4 Å². The molecule has 0 unspecified atom stereocenters. The molecule has 4 aromatic heterocycles. The molecular formula is C32H10F6N8O2. The number of hydrogen-bond acceptors (Lipinski definition) is 10. The number of hydrogen-bond donors (Lipinski definition) is 0. The molecule has 0 spiro atoms. The predicted molar refractivity (Wildman–Crippen MR) is 149 cm³/mol. The van der Waals surface area contributed by atoms with E-state index in [-0.39, 0.29) is 0 Å². The van der Waals surface area contributed by atoms with Crippen LogP contribution in [0.5, 0.6) is 0 Å². The molecular weight excluding hydrogens is 642 g/mol. The summed E-state index contributed by atoms with van der Waals surface area (Å²) in [6, 6.07) is 13.3. The van der Waals surface area contributed by atoms with Crippen LogP contribution in [0.1, 0.15) is 34.7 Å². The number of furan rings is 2. The Morgan fingerprint density at radius 1 is 0.542 bits per heavy atom. The average Bonchev–Trinajstić information content (AvgIpc) is 3.86. The van der Waals surface area contributed by atoms with Crippen molar-refractivity contribution >= 4 is 22.3 Å². The van der Waals surface area contributed by atoms with Crippen molar-refractivity contribution < 1.29 is 35.2 Å². The Morgan fingerprint density at radius 2 is 0.896 bits per heavy atom. The first-order valence-corrected chi connectivity index (χ1v) is 13.2. The zero-order chi connectivity index (χ0) is 34.4. The van der Waals surface area contributed by atoms with Crippen LogP contribution in [0.3, 0.4) is 0 Å². The Bertz CT molecular complexity index is 2180. The molecule has 0 amide bonds. The maximum Gasteiger partial charge on any atom is 0.417 e. The lowest BCUT2D eigenvalue weighted by atomic mass is 9.87. The Kier molecular flexibility index (Phi) is 7.35.